The summed E-state index contributed by atoms with van der Waals surface area (Å²) in [4.78, 5) is 22.1. The Balaban J connectivity index is 1.37. The van der Waals surface area contributed by atoms with Crippen LogP contribution in [0.4, 0.5) is 0 Å². The van der Waals surface area contributed by atoms with Crippen LogP contribution in [0.2, 0.25) is 0 Å². The first-order valence-corrected chi connectivity index (χ1v) is 10.2. The number of methoxy groups -OCH3 is 1. The average Bonchev–Trinajstić information content (AvgIpc) is 3.33. The van der Waals surface area contributed by atoms with Crippen LogP contribution in [-0.2, 0) is 24.2 Å². The number of amides is 1. The molecule has 0 unspecified atom stereocenters. The van der Waals surface area contributed by atoms with Gasteiger partial charge in [0.1, 0.15) is 5.75 Å². The summed E-state index contributed by atoms with van der Waals surface area (Å²) in [6.07, 6.45) is 3.64. The van der Waals surface area contributed by atoms with Crippen LogP contribution in [0.3, 0.4) is 0 Å². The van der Waals surface area contributed by atoms with Crippen molar-refractivity contribution in [3.63, 3.8) is 0 Å². The van der Waals surface area contributed by atoms with E-state index in [0.717, 1.165) is 41.6 Å². The molecule has 0 fully saturated rings. The van der Waals surface area contributed by atoms with Crippen molar-refractivity contribution in [2.75, 3.05) is 13.7 Å². The second-order valence-corrected chi connectivity index (χ2v) is 7.97. The van der Waals surface area contributed by atoms with Gasteiger partial charge in [-0.05, 0) is 36.2 Å². The van der Waals surface area contributed by atoms with Crippen LogP contribution in [0.25, 0.3) is 21.8 Å². The number of hydrogen-bond donors (Lipinski definition) is 2. The maximum absolute atomic E-state index is 13.2. The van der Waals surface area contributed by atoms with E-state index in [1.165, 1.54) is 22.2 Å². The Morgan fingerprint density at radius 3 is 2.90 bits per heavy atom. The molecule has 0 spiro atoms. The molecule has 0 saturated heterocycles. The highest BCUT2D eigenvalue weighted by atomic mass is 16.5. The summed E-state index contributed by atoms with van der Waals surface area (Å²) in [6.45, 7) is 3.45. The Morgan fingerprint density at radius 1 is 1.17 bits per heavy atom. The Kier molecular flexibility index (Phi) is 4.31. The van der Waals surface area contributed by atoms with Gasteiger partial charge >= 0.3 is 0 Å². The first kappa shape index (κ1) is 17.9. The van der Waals surface area contributed by atoms with Crippen molar-refractivity contribution in [1.82, 2.24) is 14.9 Å². The van der Waals surface area contributed by atoms with Crippen molar-refractivity contribution in [3.05, 3.63) is 65.5 Å². The number of para-hydroxylation sites is 1. The van der Waals surface area contributed by atoms with Crippen LogP contribution in [0.5, 0.6) is 5.75 Å². The number of ether oxygens (including phenoxy) is 1. The second kappa shape index (κ2) is 6.99. The van der Waals surface area contributed by atoms with Gasteiger partial charge in [0, 0.05) is 64.7 Å². The largest absolute Gasteiger partial charge is 0.497 e. The number of nitrogens with zero attached hydrogens (tertiary/aromatic N) is 1. The maximum Gasteiger partial charge on any atom is 0.226 e. The van der Waals surface area contributed by atoms with E-state index in [9.17, 15) is 4.79 Å². The molecule has 2 N–H and O–H groups in total. The molecule has 0 radical (unpaired) electrons. The topological polar surface area (TPSA) is 61.1 Å². The molecule has 2 aromatic heterocycles. The Hall–Kier alpha value is -3.21. The summed E-state index contributed by atoms with van der Waals surface area (Å²) in [5.41, 5.74) is 5.89. The van der Waals surface area contributed by atoms with Crippen molar-refractivity contribution < 1.29 is 9.53 Å². The van der Waals surface area contributed by atoms with Crippen LogP contribution in [0.1, 0.15) is 23.7 Å². The molecule has 3 heterocycles. The highest BCUT2D eigenvalue weighted by Crippen LogP contribution is 2.31. The molecular formula is C24H25N3O2. The van der Waals surface area contributed by atoms with Crippen molar-refractivity contribution in [2.24, 2.45) is 5.92 Å². The van der Waals surface area contributed by atoms with E-state index in [-0.39, 0.29) is 11.8 Å². The molecule has 148 valence electrons. The quantitative estimate of drug-likeness (QED) is 0.544. The number of carbonyl (C=O) groups is 1. The third-order valence-corrected chi connectivity index (χ3v) is 6.12. The van der Waals surface area contributed by atoms with E-state index in [1.807, 2.05) is 36.2 Å². The van der Waals surface area contributed by atoms with E-state index in [4.69, 9.17) is 4.74 Å². The third-order valence-electron chi connectivity index (χ3n) is 6.12. The predicted molar refractivity (Wildman–Crippen MR) is 115 cm³/mol. The van der Waals surface area contributed by atoms with Gasteiger partial charge in [0.25, 0.3) is 0 Å². The lowest BCUT2D eigenvalue weighted by atomic mass is 9.97. The average molecular weight is 387 g/mol. The molecule has 0 bridgehead atoms. The molecule has 0 aliphatic carbocycles. The summed E-state index contributed by atoms with van der Waals surface area (Å²) >= 11 is 0. The number of carbonyl (C=O) groups excluding carboxylic acids is 1. The maximum atomic E-state index is 13.2. The number of aromatic amines is 2. The molecule has 0 saturated carbocycles. The highest BCUT2D eigenvalue weighted by molar-refractivity contribution is 5.88. The molecule has 1 amide bonds. The minimum Gasteiger partial charge on any atom is -0.497 e. The van der Waals surface area contributed by atoms with Crippen molar-refractivity contribution in [2.45, 2.75) is 26.3 Å². The van der Waals surface area contributed by atoms with Gasteiger partial charge in [0.05, 0.1) is 7.11 Å². The van der Waals surface area contributed by atoms with Gasteiger partial charge < -0.3 is 19.6 Å². The molecule has 1 aliphatic rings. The summed E-state index contributed by atoms with van der Waals surface area (Å²) in [6, 6.07) is 14.3. The van der Waals surface area contributed by atoms with Crippen molar-refractivity contribution >= 4 is 27.7 Å². The third kappa shape index (κ3) is 3.07. The van der Waals surface area contributed by atoms with E-state index >= 15 is 0 Å². The number of benzene rings is 2. The highest BCUT2D eigenvalue weighted by Gasteiger charge is 2.27. The van der Waals surface area contributed by atoms with Gasteiger partial charge in [-0.3, -0.25) is 4.79 Å². The summed E-state index contributed by atoms with van der Waals surface area (Å²) in [7, 11) is 1.68. The molecule has 1 aliphatic heterocycles. The summed E-state index contributed by atoms with van der Waals surface area (Å²) in [5, 5.41) is 2.36. The fraction of sp³-hybridized carbons (Fsp3) is 0.292. The van der Waals surface area contributed by atoms with Gasteiger partial charge in [0.2, 0.25) is 5.91 Å². The van der Waals surface area contributed by atoms with Crippen molar-refractivity contribution in [1.29, 1.82) is 0 Å². The van der Waals surface area contributed by atoms with Crippen LogP contribution in [0, 0.1) is 5.92 Å². The van der Waals surface area contributed by atoms with Gasteiger partial charge in [-0.1, -0.05) is 25.1 Å². The van der Waals surface area contributed by atoms with Crippen LogP contribution in [0.15, 0.2) is 48.7 Å². The number of nitrogens with one attached hydrogen (secondary N) is 2. The number of aromatic nitrogens is 2. The lowest BCUT2D eigenvalue weighted by molar-refractivity contribution is -0.135. The number of hydrogen-bond acceptors (Lipinski definition) is 2. The van der Waals surface area contributed by atoms with Gasteiger partial charge in [-0.15, -0.1) is 0 Å². The van der Waals surface area contributed by atoms with Crippen molar-refractivity contribution in [3.8, 4) is 5.75 Å². The van der Waals surface area contributed by atoms with Crippen LogP contribution in [-0.4, -0.2) is 34.4 Å². The standard InChI is InChI=1S/C24H25N3O2/c1-15(11-16-13-25-21-6-4-3-5-18(16)21)24(28)27-10-9-23-20(14-27)19-12-17(29-2)7-8-22(19)26-23/h3-8,12-13,15,25-26H,9-11,14H2,1-2H3/t15-/m0/s1. The summed E-state index contributed by atoms with van der Waals surface area (Å²) < 4.78 is 5.39. The molecule has 5 heteroatoms. The van der Waals surface area contributed by atoms with Gasteiger partial charge in [0.15, 0.2) is 0 Å². The van der Waals surface area contributed by atoms with E-state index in [2.05, 4.69) is 34.2 Å². The summed E-state index contributed by atoms with van der Waals surface area (Å²) in [5.74, 6) is 1.00. The molecule has 1 atom stereocenters. The van der Waals surface area contributed by atoms with Gasteiger partial charge in [-0.25, -0.2) is 0 Å². The Bertz CT molecular complexity index is 1200. The minimum absolute atomic E-state index is 0.0597. The zero-order valence-corrected chi connectivity index (χ0v) is 16.8. The smallest absolute Gasteiger partial charge is 0.226 e. The fourth-order valence-corrected chi connectivity index (χ4v) is 4.54. The first-order valence-electron chi connectivity index (χ1n) is 10.2. The second-order valence-electron chi connectivity index (χ2n) is 7.97. The SMILES string of the molecule is COc1ccc2[nH]c3c(c2c1)CN(C(=O)[C@@H](C)Cc1c[nH]c2ccccc12)CC3. The lowest BCUT2D eigenvalue weighted by Gasteiger charge is -2.29. The molecule has 5 nitrogen and oxygen atoms in total. The van der Waals surface area contributed by atoms with E-state index in [0.29, 0.717) is 6.54 Å². The fourth-order valence-electron chi connectivity index (χ4n) is 4.54. The zero-order chi connectivity index (χ0) is 20.0. The monoisotopic (exact) mass is 387 g/mol. The van der Waals surface area contributed by atoms with Crippen LogP contribution < -0.4 is 4.74 Å². The zero-order valence-electron chi connectivity index (χ0n) is 16.8. The number of H-pyrrole nitrogens is 2. The molecule has 29 heavy (non-hydrogen) atoms. The molecule has 5 rings (SSSR count). The normalized spacial score (nSPS) is 14.9. The van der Waals surface area contributed by atoms with E-state index < -0.39 is 0 Å². The number of rotatable bonds is 4. The van der Waals surface area contributed by atoms with Crippen LogP contribution >= 0.6 is 0 Å². The minimum atomic E-state index is -0.0597. The lowest BCUT2D eigenvalue weighted by Crippen LogP contribution is -2.39. The molecular weight excluding hydrogens is 362 g/mol. The van der Waals surface area contributed by atoms with Gasteiger partial charge in [-0.2, -0.15) is 0 Å². The Morgan fingerprint density at radius 2 is 2.03 bits per heavy atom. The van der Waals surface area contributed by atoms with E-state index in [1.54, 1.807) is 7.11 Å². The molecule has 2 aromatic carbocycles. The first-order chi connectivity index (χ1) is 14.1. The Labute approximate surface area is 169 Å². The molecule has 4 aromatic rings. The predicted octanol–water partition coefficient (Wildman–Crippen LogP) is 4.42. The number of fused-ring (bicyclic) bond motifs is 4.